The van der Waals surface area contributed by atoms with Crippen LogP contribution in [0.4, 0.5) is 0 Å². The summed E-state index contributed by atoms with van der Waals surface area (Å²) in [6.45, 7) is 0. The number of fused-ring (bicyclic) bond motifs is 1. The molecule has 24 heavy (non-hydrogen) atoms. The predicted octanol–water partition coefficient (Wildman–Crippen LogP) is 1.37. The monoisotopic (exact) mass is 326 g/mol. The van der Waals surface area contributed by atoms with E-state index in [0.717, 1.165) is 16.6 Å². The van der Waals surface area contributed by atoms with Crippen molar-refractivity contribution in [1.82, 2.24) is 15.4 Å². The van der Waals surface area contributed by atoms with Gasteiger partial charge in [-0.1, -0.05) is 6.07 Å². The maximum absolute atomic E-state index is 11.9. The first-order chi connectivity index (χ1) is 11.5. The largest absolute Gasteiger partial charge is 0.504 e. The predicted molar refractivity (Wildman–Crippen MR) is 87.0 cm³/mol. The Morgan fingerprint density at radius 3 is 2.88 bits per heavy atom. The SMILES string of the molecule is O=C(Cc1ccc2nc[nH]c2c1)N/N=C/c1ccc(O)c(O)c1O. The number of nitrogens with one attached hydrogen (secondary N) is 2. The fourth-order valence-corrected chi connectivity index (χ4v) is 2.18. The molecule has 8 heteroatoms. The zero-order valence-corrected chi connectivity index (χ0v) is 12.4. The van der Waals surface area contributed by atoms with E-state index in [2.05, 4.69) is 20.5 Å². The zero-order chi connectivity index (χ0) is 17.1. The van der Waals surface area contributed by atoms with Gasteiger partial charge in [0.25, 0.3) is 0 Å². The molecule has 1 aromatic heterocycles. The van der Waals surface area contributed by atoms with Gasteiger partial charge in [-0.2, -0.15) is 5.10 Å². The standard InChI is InChI=1S/C16H14N4O4/c21-13-4-2-10(15(23)16(13)24)7-19-20-14(22)6-9-1-3-11-12(5-9)18-8-17-11/h1-5,7-8,21,23-24H,6H2,(H,17,18)(H,20,22)/b19-7+. The van der Waals surface area contributed by atoms with Gasteiger partial charge in [-0.05, 0) is 29.8 Å². The van der Waals surface area contributed by atoms with E-state index in [1.807, 2.05) is 12.1 Å². The van der Waals surface area contributed by atoms with Crippen LogP contribution >= 0.6 is 0 Å². The number of rotatable bonds is 4. The molecule has 0 aliphatic heterocycles. The molecule has 0 aliphatic rings. The third-order valence-electron chi connectivity index (χ3n) is 3.40. The maximum Gasteiger partial charge on any atom is 0.244 e. The molecule has 0 bridgehead atoms. The lowest BCUT2D eigenvalue weighted by atomic mass is 10.1. The van der Waals surface area contributed by atoms with E-state index >= 15 is 0 Å². The Morgan fingerprint density at radius 1 is 1.21 bits per heavy atom. The molecular weight excluding hydrogens is 312 g/mol. The summed E-state index contributed by atoms with van der Waals surface area (Å²) in [7, 11) is 0. The van der Waals surface area contributed by atoms with E-state index in [9.17, 15) is 20.1 Å². The number of aromatic amines is 1. The Hall–Kier alpha value is -3.55. The van der Waals surface area contributed by atoms with E-state index in [1.54, 1.807) is 12.4 Å². The van der Waals surface area contributed by atoms with Gasteiger partial charge in [-0.15, -0.1) is 0 Å². The van der Waals surface area contributed by atoms with E-state index < -0.39 is 17.2 Å². The quantitative estimate of drug-likeness (QED) is 0.281. The number of phenols is 3. The highest BCUT2D eigenvalue weighted by Crippen LogP contribution is 2.36. The van der Waals surface area contributed by atoms with Gasteiger partial charge in [0, 0.05) is 5.56 Å². The molecule has 0 saturated carbocycles. The van der Waals surface area contributed by atoms with Crippen LogP contribution in [-0.4, -0.2) is 37.4 Å². The summed E-state index contributed by atoms with van der Waals surface area (Å²) in [6.07, 6.45) is 2.88. The lowest BCUT2D eigenvalue weighted by Gasteiger charge is -2.04. The maximum atomic E-state index is 11.9. The van der Waals surface area contributed by atoms with Crippen molar-refractivity contribution >= 4 is 23.2 Å². The van der Waals surface area contributed by atoms with Crippen LogP contribution in [0.2, 0.25) is 0 Å². The summed E-state index contributed by atoms with van der Waals surface area (Å²) < 4.78 is 0. The van der Waals surface area contributed by atoms with Crippen LogP contribution in [0.25, 0.3) is 11.0 Å². The minimum Gasteiger partial charge on any atom is -0.504 e. The smallest absolute Gasteiger partial charge is 0.244 e. The number of carbonyl (C=O) groups is 1. The number of hydrogen-bond donors (Lipinski definition) is 5. The summed E-state index contributed by atoms with van der Waals surface area (Å²) in [6, 6.07) is 8.00. The van der Waals surface area contributed by atoms with Crippen molar-refractivity contribution in [3.8, 4) is 17.2 Å². The Bertz CT molecular complexity index is 933. The molecule has 5 N–H and O–H groups in total. The number of amides is 1. The first kappa shape index (κ1) is 15.3. The van der Waals surface area contributed by atoms with Crippen molar-refractivity contribution in [2.45, 2.75) is 6.42 Å². The van der Waals surface area contributed by atoms with Crippen LogP contribution in [-0.2, 0) is 11.2 Å². The molecule has 3 rings (SSSR count). The second-order valence-electron chi connectivity index (χ2n) is 5.10. The van der Waals surface area contributed by atoms with Crippen molar-refractivity contribution in [1.29, 1.82) is 0 Å². The number of phenolic OH excluding ortho intramolecular Hbond substituents is 3. The second kappa shape index (κ2) is 6.29. The number of H-pyrrole nitrogens is 1. The van der Waals surface area contributed by atoms with Crippen LogP contribution in [0.3, 0.4) is 0 Å². The topological polar surface area (TPSA) is 131 Å². The minimum absolute atomic E-state index is 0.124. The Labute approximate surface area is 136 Å². The van der Waals surface area contributed by atoms with Gasteiger partial charge in [-0.3, -0.25) is 4.79 Å². The molecule has 0 unspecified atom stereocenters. The molecule has 8 nitrogen and oxygen atoms in total. The first-order valence-corrected chi connectivity index (χ1v) is 7.02. The van der Waals surface area contributed by atoms with Crippen molar-refractivity contribution in [2.75, 3.05) is 0 Å². The average molecular weight is 326 g/mol. The van der Waals surface area contributed by atoms with Gasteiger partial charge in [0.05, 0.1) is 30.0 Å². The molecule has 0 atom stereocenters. The average Bonchev–Trinajstić information content (AvgIpc) is 3.02. The van der Waals surface area contributed by atoms with E-state index in [-0.39, 0.29) is 17.9 Å². The van der Waals surface area contributed by atoms with Crippen LogP contribution in [0.5, 0.6) is 17.2 Å². The molecule has 0 radical (unpaired) electrons. The van der Waals surface area contributed by atoms with E-state index in [1.165, 1.54) is 18.3 Å². The van der Waals surface area contributed by atoms with Gasteiger partial charge < -0.3 is 20.3 Å². The highest BCUT2D eigenvalue weighted by atomic mass is 16.3. The number of imidazole rings is 1. The molecule has 122 valence electrons. The van der Waals surface area contributed by atoms with Crippen LogP contribution < -0.4 is 5.43 Å². The number of hydrogen-bond acceptors (Lipinski definition) is 6. The molecule has 0 saturated heterocycles. The highest BCUT2D eigenvalue weighted by molar-refractivity contribution is 5.87. The van der Waals surface area contributed by atoms with Gasteiger partial charge in [-0.25, -0.2) is 10.4 Å². The summed E-state index contributed by atoms with van der Waals surface area (Å²) in [5.41, 5.74) is 4.95. The zero-order valence-electron chi connectivity index (χ0n) is 12.4. The van der Waals surface area contributed by atoms with Gasteiger partial charge in [0.1, 0.15) is 0 Å². The first-order valence-electron chi connectivity index (χ1n) is 7.02. The molecule has 0 fully saturated rings. The van der Waals surface area contributed by atoms with Gasteiger partial charge in [0.2, 0.25) is 11.7 Å². The van der Waals surface area contributed by atoms with Crippen LogP contribution in [0.15, 0.2) is 41.8 Å². The Kier molecular flexibility index (Phi) is 4.02. The number of nitrogens with zero attached hydrogens (tertiary/aromatic N) is 2. The molecule has 1 amide bonds. The highest BCUT2D eigenvalue weighted by Gasteiger charge is 2.09. The number of hydrazone groups is 1. The number of benzene rings is 2. The third kappa shape index (κ3) is 3.12. The van der Waals surface area contributed by atoms with E-state index in [4.69, 9.17) is 0 Å². The number of aromatic nitrogens is 2. The van der Waals surface area contributed by atoms with E-state index in [0.29, 0.717) is 0 Å². The summed E-state index contributed by atoms with van der Waals surface area (Å²) in [5, 5.41) is 32.0. The summed E-state index contributed by atoms with van der Waals surface area (Å²) >= 11 is 0. The van der Waals surface area contributed by atoms with Crippen molar-refractivity contribution in [3.63, 3.8) is 0 Å². The lowest BCUT2D eigenvalue weighted by Crippen LogP contribution is -2.19. The van der Waals surface area contributed by atoms with Crippen molar-refractivity contribution in [2.24, 2.45) is 5.10 Å². The van der Waals surface area contributed by atoms with Crippen molar-refractivity contribution < 1.29 is 20.1 Å². The minimum atomic E-state index is -0.641. The van der Waals surface area contributed by atoms with Gasteiger partial charge >= 0.3 is 0 Å². The van der Waals surface area contributed by atoms with Crippen molar-refractivity contribution in [3.05, 3.63) is 47.8 Å². The third-order valence-corrected chi connectivity index (χ3v) is 3.40. The number of carbonyl (C=O) groups excluding carboxylic acids is 1. The molecule has 2 aromatic carbocycles. The fraction of sp³-hybridized carbons (Fsp3) is 0.0625. The van der Waals surface area contributed by atoms with Gasteiger partial charge in [0.15, 0.2) is 11.5 Å². The fourth-order valence-electron chi connectivity index (χ4n) is 2.18. The summed E-state index contributed by atoms with van der Waals surface area (Å²) in [4.78, 5) is 19.0. The molecular formula is C16H14N4O4. The van der Waals surface area contributed by atoms with Crippen LogP contribution in [0.1, 0.15) is 11.1 Å². The normalized spacial score (nSPS) is 11.2. The molecule has 0 spiro atoms. The molecule has 0 aliphatic carbocycles. The summed E-state index contributed by atoms with van der Waals surface area (Å²) in [5.74, 6) is -1.94. The van der Waals surface area contributed by atoms with Crippen LogP contribution in [0, 0.1) is 0 Å². The number of aromatic hydroxyl groups is 3. The molecule has 3 aromatic rings. The lowest BCUT2D eigenvalue weighted by molar-refractivity contribution is -0.120. The Morgan fingerprint density at radius 2 is 2.04 bits per heavy atom. The second-order valence-corrected chi connectivity index (χ2v) is 5.10. The molecule has 1 heterocycles. The Balaban J connectivity index is 1.64.